The molecule has 0 aromatic carbocycles. The van der Waals surface area contributed by atoms with Crippen LogP contribution in [0.2, 0.25) is 0 Å². The number of nitrogens with zero attached hydrogens (tertiary/aromatic N) is 1. The van der Waals surface area contributed by atoms with Crippen LogP contribution in [0, 0.1) is 0 Å². The SMILES string of the molecule is CC/C=C\NCN=C(N)C(Cl)(Cl)Cl. The standard InChI is InChI=1S/C7H12Cl3N3/c1-2-3-4-12-5-13-6(11)7(8,9)10/h3-4,12H,2,5H2,1H3,(H2,11,13)/b4-3-. The number of nitrogens with one attached hydrogen (secondary N) is 1. The van der Waals surface area contributed by atoms with E-state index in [2.05, 4.69) is 10.3 Å². The van der Waals surface area contributed by atoms with Crippen LogP contribution in [0.3, 0.4) is 0 Å². The lowest BCUT2D eigenvalue weighted by Crippen LogP contribution is -2.29. The lowest BCUT2D eigenvalue weighted by atomic mass is 10.5. The van der Waals surface area contributed by atoms with E-state index in [0.29, 0.717) is 6.67 Å². The van der Waals surface area contributed by atoms with Crippen LogP contribution in [0.4, 0.5) is 0 Å². The third-order valence-electron chi connectivity index (χ3n) is 1.10. The van der Waals surface area contributed by atoms with Gasteiger partial charge in [-0.15, -0.1) is 0 Å². The fourth-order valence-corrected chi connectivity index (χ4v) is 0.654. The van der Waals surface area contributed by atoms with Crippen molar-refractivity contribution in [2.75, 3.05) is 6.67 Å². The fourth-order valence-electron chi connectivity index (χ4n) is 0.474. The van der Waals surface area contributed by atoms with E-state index in [1.54, 1.807) is 6.20 Å². The van der Waals surface area contributed by atoms with Crippen molar-refractivity contribution in [1.82, 2.24) is 5.32 Å². The second kappa shape index (κ2) is 6.35. The first-order valence-corrected chi connectivity index (χ1v) is 4.87. The molecule has 0 radical (unpaired) electrons. The molecule has 0 amide bonds. The Hall–Kier alpha value is -0.120. The molecule has 76 valence electrons. The molecule has 0 rings (SSSR count). The lowest BCUT2D eigenvalue weighted by molar-refractivity contribution is 0.874. The van der Waals surface area contributed by atoms with Gasteiger partial charge in [-0.2, -0.15) is 0 Å². The highest BCUT2D eigenvalue weighted by Crippen LogP contribution is 2.25. The Morgan fingerprint density at radius 1 is 1.54 bits per heavy atom. The van der Waals surface area contributed by atoms with E-state index in [0.717, 1.165) is 6.42 Å². The molecule has 0 spiro atoms. The molecule has 0 aliphatic rings. The normalized spacial score (nSPS) is 13.7. The number of aliphatic imine (C=N–C) groups is 1. The quantitative estimate of drug-likeness (QED) is 0.345. The number of amidine groups is 1. The Morgan fingerprint density at radius 2 is 2.15 bits per heavy atom. The average Bonchev–Trinajstić information content (AvgIpc) is 2.02. The summed E-state index contributed by atoms with van der Waals surface area (Å²) in [7, 11) is 0. The summed E-state index contributed by atoms with van der Waals surface area (Å²) >= 11 is 16.4. The van der Waals surface area contributed by atoms with Crippen molar-refractivity contribution in [2.45, 2.75) is 17.1 Å². The van der Waals surface area contributed by atoms with Gasteiger partial charge in [0.2, 0.25) is 3.79 Å². The topological polar surface area (TPSA) is 50.4 Å². The van der Waals surface area contributed by atoms with Gasteiger partial charge in [0.1, 0.15) is 12.5 Å². The van der Waals surface area contributed by atoms with E-state index in [1.165, 1.54) is 0 Å². The molecule has 0 bridgehead atoms. The number of halogens is 3. The van der Waals surface area contributed by atoms with Crippen LogP contribution >= 0.6 is 34.8 Å². The Balaban J connectivity index is 3.79. The molecule has 3 N–H and O–H groups in total. The number of rotatable bonds is 4. The summed E-state index contributed by atoms with van der Waals surface area (Å²) < 4.78 is -1.61. The van der Waals surface area contributed by atoms with Gasteiger partial charge in [0, 0.05) is 0 Å². The highest BCUT2D eigenvalue weighted by Gasteiger charge is 2.24. The molecule has 0 saturated heterocycles. The van der Waals surface area contributed by atoms with Crippen molar-refractivity contribution in [2.24, 2.45) is 10.7 Å². The molecule has 3 nitrogen and oxygen atoms in total. The van der Waals surface area contributed by atoms with Crippen LogP contribution in [0.25, 0.3) is 0 Å². The second-order valence-corrected chi connectivity index (χ2v) is 4.50. The molecule has 0 atom stereocenters. The first-order valence-electron chi connectivity index (χ1n) is 3.74. The Labute approximate surface area is 92.9 Å². The van der Waals surface area contributed by atoms with Crippen molar-refractivity contribution >= 4 is 40.6 Å². The first kappa shape index (κ1) is 12.9. The summed E-state index contributed by atoms with van der Waals surface area (Å²) in [6.07, 6.45) is 4.67. The van der Waals surface area contributed by atoms with E-state index in [4.69, 9.17) is 40.5 Å². The van der Waals surface area contributed by atoms with Crippen molar-refractivity contribution < 1.29 is 0 Å². The third kappa shape index (κ3) is 6.99. The highest BCUT2D eigenvalue weighted by atomic mass is 35.6. The molecule has 0 fully saturated rings. The number of alkyl halides is 3. The molecule has 0 aliphatic heterocycles. The molecule has 0 saturated carbocycles. The predicted molar refractivity (Wildman–Crippen MR) is 59.3 cm³/mol. The maximum absolute atomic E-state index is 5.45. The summed E-state index contributed by atoms with van der Waals surface area (Å²) in [6, 6.07) is 0. The third-order valence-corrected chi connectivity index (χ3v) is 1.68. The van der Waals surface area contributed by atoms with Crippen molar-refractivity contribution in [1.29, 1.82) is 0 Å². The minimum absolute atomic E-state index is 0.0186. The zero-order chi connectivity index (χ0) is 10.3. The number of nitrogens with two attached hydrogens (primary N) is 1. The van der Waals surface area contributed by atoms with Gasteiger partial charge in [0.05, 0.1) is 0 Å². The first-order chi connectivity index (χ1) is 5.98. The van der Waals surface area contributed by atoms with Crippen molar-refractivity contribution in [3.05, 3.63) is 12.3 Å². The minimum Gasteiger partial charge on any atom is -0.384 e. The van der Waals surface area contributed by atoms with Crippen LogP contribution in [0.15, 0.2) is 17.3 Å². The molecule has 0 aromatic rings. The second-order valence-electron chi connectivity index (χ2n) is 2.21. The molecule has 0 heterocycles. The molecule has 0 unspecified atom stereocenters. The molecular formula is C7H12Cl3N3. The van der Waals surface area contributed by atoms with Gasteiger partial charge in [-0.05, 0) is 12.6 Å². The van der Waals surface area contributed by atoms with Crippen molar-refractivity contribution in [3.8, 4) is 0 Å². The van der Waals surface area contributed by atoms with E-state index >= 15 is 0 Å². The Morgan fingerprint density at radius 3 is 2.62 bits per heavy atom. The number of allylic oxidation sites excluding steroid dienone is 1. The van der Waals surface area contributed by atoms with Crippen LogP contribution in [0.5, 0.6) is 0 Å². The van der Waals surface area contributed by atoms with E-state index in [9.17, 15) is 0 Å². The summed E-state index contributed by atoms with van der Waals surface area (Å²) in [4.78, 5) is 3.80. The van der Waals surface area contributed by atoms with Crippen molar-refractivity contribution in [3.63, 3.8) is 0 Å². The average molecular weight is 245 g/mol. The molecule has 0 aromatic heterocycles. The zero-order valence-electron chi connectivity index (χ0n) is 7.23. The van der Waals surface area contributed by atoms with E-state index in [1.807, 2.05) is 13.0 Å². The zero-order valence-corrected chi connectivity index (χ0v) is 9.50. The largest absolute Gasteiger partial charge is 0.384 e. The minimum atomic E-state index is -1.61. The maximum Gasteiger partial charge on any atom is 0.247 e. The molecule has 0 aliphatic carbocycles. The molecular weight excluding hydrogens is 232 g/mol. The van der Waals surface area contributed by atoms with Gasteiger partial charge < -0.3 is 11.1 Å². The fraction of sp³-hybridized carbons (Fsp3) is 0.571. The van der Waals surface area contributed by atoms with Gasteiger partial charge in [0.25, 0.3) is 0 Å². The lowest BCUT2D eigenvalue weighted by Gasteiger charge is -2.09. The van der Waals surface area contributed by atoms with E-state index < -0.39 is 3.79 Å². The van der Waals surface area contributed by atoms with Gasteiger partial charge >= 0.3 is 0 Å². The predicted octanol–water partition coefficient (Wildman–Crippen LogP) is 2.18. The Kier molecular flexibility index (Phi) is 6.29. The smallest absolute Gasteiger partial charge is 0.247 e. The monoisotopic (exact) mass is 243 g/mol. The van der Waals surface area contributed by atoms with Gasteiger partial charge in [-0.25, -0.2) is 4.99 Å². The summed E-state index contributed by atoms with van der Waals surface area (Å²) in [6.45, 7) is 2.33. The summed E-state index contributed by atoms with van der Waals surface area (Å²) in [5.74, 6) is -0.0186. The number of hydrogen-bond acceptors (Lipinski definition) is 2. The molecule has 6 heteroatoms. The van der Waals surface area contributed by atoms with Crippen LogP contribution in [0.1, 0.15) is 13.3 Å². The Bertz CT molecular complexity index is 196. The van der Waals surface area contributed by atoms with Gasteiger partial charge in [-0.3, -0.25) is 0 Å². The molecule has 13 heavy (non-hydrogen) atoms. The summed E-state index contributed by atoms with van der Waals surface area (Å²) in [5.41, 5.74) is 5.36. The maximum atomic E-state index is 5.45. The van der Waals surface area contributed by atoms with Crippen LogP contribution < -0.4 is 11.1 Å². The summed E-state index contributed by atoms with van der Waals surface area (Å²) in [5, 5.41) is 2.87. The van der Waals surface area contributed by atoms with Gasteiger partial charge in [-0.1, -0.05) is 47.8 Å². The van der Waals surface area contributed by atoms with E-state index in [-0.39, 0.29) is 5.84 Å². The van der Waals surface area contributed by atoms with Crippen LogP contribution in [-0.4, -0.2) is 16.3 Å². The van der Waals surface area contributed by atoms with Gasteiger partial charge in [0.15, 0.2) is 0 Å². The number of hydrogen-bond donors (Lipinski definition) is 2. The highest BCUT2D eigenvalue weighted by molar-refractivity contribution is 6.76. The van der Waals surface area contributed by atoms with Crippen LogP contribution in [-0.2, 0) is 0 Å².